The highest BCUT2D eigenvalue weighted by atomic mass is 35.5. The topological polar surface area (TPSA) is 50.9 Å². The van der Waals surface area contributed by atoms with Crippen LogP contribution >= 0.6 is 23.8 Å². The molecule has 0 saturated carbocycles. The highest BCUT2D eigenvalue weighted by molar-refractivity contribution is 7.80. The van der Waals surface area contributed by atoms with Crippen molar-refractivity contribution in [3.63, 3.8) is 0 Å². The number of nitrogens with zero attached hydrogens (tertiary/aromatic N) is 1. The van der Waals surface area contributed by atoms with E-state index in [9.17, 15) is 4.39 Å². The van der Waals surface area contributed by atoms with E-state index in [0.29, 0.717) is 17.9 Å². The lowest BCUT2D eigenvalue weighted by Gasteiger charge is -2.10. The van der Waals surface area contributed by atoms with Crippen LogP contribution in [0.25, 0.3) is 0 Å². The smallest absolute Gasteiger partial charge is 0.141 e. The number of nitrogens with one attached hydrogen (secondary N) is 1. The van der Waals surface area contributed by atoms with Gasteiger partial charge in [0.2, 0.25) is 0 Å². The molecule has 1 aromatic carbocycles. The molecule has 0 atom stereocenters. The summed E-state index contributed by atoms with van der Waals surface area (Å²) in [6.07, 6.45) is 1.64. The first-order chi connectivity index (χ1) is 9.08. The van der Waals surface area contributed by atoms with Crippen molar-refractivity contribution in [2.75, 3.05) is 5.32 Å². The van der Waals surface area contributed by atoms with Crippen LogP contribution in [0.2, 0.25) is 5.02 Å². The van der Waals surface area contributed by atoms with Crippen LogP contribution in [-0.2, 0) is 6.54 Å². The van der Waals surface area contributed by atoms with Gasteiger partial charge >= 0.3 is 0 Å². The predicted molar refractivity (Wildman–Crippen MR) is 78.9 cm³/mol. The van der Waals surface area contributed by atoms with E-state index < -0.39 is 5.82 Å². The molecule has 2 rings (SSSR count). The second-order valence-corrected chi connectivity index (χ2v) is 4.71. The number of benzene rings is 1. The van der Waals surface area contributed by atoms with E-state index in [-0.39, 0.29) is 10.0 Å². The Kier molecular flexibility index (Phi) is 4.29. The van der Waals surface area contributed by atoms with Crippen molar-refractivity contribution in [2.24, 2.45) is 5.73 Å². The third-order valence-electron chi connectivity index (χ3n) is 2.52. The highest BCUT2D eigenvalue weighted by Gasteiger charge is 2.06. The molecule has 0 fully saturated rings. The quantitative estimate of drug-likeness (QED) is 0.851. The number of pyridine rings is 1. The van der Waals surface area contributed by atoms with Crippen LogP contribution in [0, 0.1) is 5.82 Å². The van der Waals surface area contributed by atoms with Gasteiger partial charge in [-0.1, -0.05) is 29.9 Å². The molecule has 0 aliphatic rings. The number of aromatic nitrogens is 1. The number of hydrogen-bond acceptors (Lipinski definition) is 3. The third-order valence-corrected chi connectivity index (χ3v) is 3.03. The normalized spacial score (nSPS) is 10.2. The number of thiocarbonyl (C=S) groups is 1. The van der Waals surface area contributed by atoms with Crippen LogP contribution in [0.15, 0.2) is 36.5 Å². The predicted octanol–water partition coefficient (Wildman–Crippen LogP) is 3.12. The lowest BCUT2D eigenvalue weighted by Crippen LogP contribution is -2.14. The summed E-state index contributed by atoms with van der Waals surface area (Å²) >= 11 is 10.7. The minimum Gasteiger partial charge on any atom is -0.389 e. The molecule has 3 nitrogen and oxygen atoms in total. The fourth-order valence-corrected chi connectivity index (χ4v) is 1.95. The van der Waals surface area contributed by atoms with E-state index in [1.807, 2.05) is 0 Å². The molecule has 2 aromatic rings. The first-order valence-corrected chi connectivity index (χ1v) is 6.29. The fraction of sp³-hybridized carbons (Fsp3) is 0.0769. The molecule has 1 heterocycles. The van der Waals surface area contributed by atoms with Crippen LogP contribution in [0.5, 0.6) is 0 Å². The zero-order valence-corrected chi connectivity index (χ0v) is 11.4. The molecule has 0 spiro atoms. The minimum atomic E-state index is -0.438. The molecule has 0 saturated heterocycles. The Morgan fingerprint density at radius 1 is 1.42 bits per heavy atom. The molecular weight excluding hydrogens is 285 g/mol. The Morgan fingerprint density at radius 3 is 2.89 bits per heavy atom. The van der Waals surface area contributed by atoms with Crippen molar-refractivity contribution in [1.29, 1.82) is 0 Å². The first kappa shape index (κ1) is 13.7. The zero-order chi connectivity index (χ0) is 13.8. The van der Waals surface area contributed by atoms with Crippen molar-refractivity contribution >= 4 is 34.6 Å². The van der Waals surface area contributed by atoms with Crippen molar-refractivity contribution in [2.45, 2.75) is 6.54 Å². The maximum atomic E-state index is 13.0. The summed E-state index contributed by atoms with van der Waals surface area (Å²) in [5.74, 6) is 0.155. The number of anilines is 1. The van der Waals surface area contributed by atoms with Gasteiger partial charge in [0.25, 0.3) is 0 Å². The van der Waals surface area contributed by atoms with Gasteiger partial charge in [0.15, 0.2) is 0 Å². The summed E-state index contributed by atoms with van der Waals surface area (Å²) in [7, 11) is 0. The summed E-state index contributed by atoms with van der Waals surface area (Å²) in [4.78, 5) is 4.44. The number of halogens is 2. The number of nitrogens with two attached hydrogens (primary N) is 1. The number of rotatable bonds is 4. The van der Waals surface area contributed by atoms with Crippen LogP contribution in [0.1, 0.15) is 11.1 Å². The zero-order valence-electron chi connectivity index (χ0n) is 9.86. The fourth-order valence-electron chi connectivity index (χ4n) is 1.58. The van der Waals surface area contributed by atoms with E-state index in [4.69, 9.17) is 29.6 Å². The SMILES string of the molecule is NC(=S)c1cccnc1NCc1ccc(F)c(Cl)c1. The minimum absolute atomic E-state index is 0.0925. The Bertz CT molecular complexity index is 619. The third kappa shape index (κ3) is 3.39. The second kappa shape index (κ2) is 5.95. The lowest BCUT2D eigenvalue weighted by atomic mass is 10.2. The lowest BCUT2D eigenvalue weighted by molar-refractivity contribution is 0.627. The summed E-state index contributed by atoms with van der Waals surface area (Å²) in [5.41, 5.74) is 7.12. The Hall–Kier alpha value is -1.72. The Labute approximate surface area is 120 Å². The summed E-state index contributed by atoms with van der Waals surface area (Å²) < 4.78 is 13.0. The van der Waals surface area contributed by atoms with Crippen molar-refractivity contribution in [1.82, 2.24) is 4.98 Å². The maximum absolute atomic E-state index is 13.0. The van der Waals surface area contributed by atoms with Gasteiger partial charge in [-0.2, -0.15) is 0 Å². The molecule has 0 bridgehead atoms. The molecule has 19 heavy (non-hydrogen) atoms. The molecular formula is C13H11ClFN3S. The van der Waals surface area contributed by atoms with E-state index in [1.54, 1.807) is 30.5 Å². The standard InChI is InChI=1S/C13H11ClFN3S/c14-10-6-8(3-4-11(10)15)7-18-13-9(12(16)19)2-1-5-17-13/h1-6H,7H2,(H2,16,19)(H,17,18). The van der Waals surface area contributed by atoms with Gasteiger partial charge in [-0.15, -0.1) is 0 Å². The first-order valence-electron chi connectivity index (χ1n) is 5.50. The average molecular weight is 296 g/mol. The second-order valence-electron chi connectivity index (χ2n) is 3.87. The molecule has 0 amide bonds. The van der Waals surface area contributed by atoms with E-state index >= 15 is 0 Å². The van der Waals surface area contributed by atoms with E-state index in [0.717, 1.165) is 5.56 Å². The molecule has 3 N–H and O–H groups in total. The molecule has 0 aliphatic heterocycles. The average Bonchev–Trinajstić information content (AvgIpc) is 2.40. The van der Waals surface area contributed by atoms with Gasteiger partial charge in [-0.25, -0.2) is 9.37 Å². The highest BCUT2D eigenvalue weighted by Crippen LogP contribution is 2.18. The molecule has 0 radical (unpaired) electrons. The van der Waals surface area contributed by atoms with Gasteiger partial charge in [-0.05, 0) is 29.8 Å². The van der Waals surface area contributed by atoms with Gasteiger partial charge in [0, 0.05) is 12.7 Å². The van der Waals surface area contributed by atoms with Crippen molar-refractivity contribution in [3.05, 3.63) is 58.5 Å². The molecule has 0 unspecified atom stereocenters. The Balaban J connectivity index is 2.14. The van der Waals surface area contributed by atoms with Crippen LogP contribution in [-0.4, -0.2) is 9.97 Å². The van der Waals surface area contributed by atoms with Crippen molar-refractivity contribution in [3.8, 4) is 0 Å². The van der Waals surface area contributed by atoms with Gasteiger partial charge in [-0.3, -0.25) is 0 Å². The van der Waals surface area contributed by atoms with E-state index in [1.165, 1.54) is 6.07 Å². The van der Waals surface area contributed by atoms with Gasteiger partial charge in [0.05, 0.1) is 10.6 Å². The van der Waals surface area contributed by atoms with E-state index in [2.05, 4.69) is 10.3 Å². The maximum Gasteiger partial charge on any atom is 0.141 e. The molecule has 6 heteroatoms. The monoisotopic (exact) mass is 295 g/mol. The summed E-state index contributed by atoms with van der Waals surface area (Å²) in [5, 5.41) is 3.19. The van der Waals surface area contributed by atoms with Crippen LogP contribution in [0.3, 0.4) is 0 Å². The summed E-state index contributed by atoms with van der Waals surface area (Å²) in [6.45, 7) is 0.451. The molecule has 98 valence electrons. The van der Waals surface area contributed by atoms with Crippen LogP contribution < -0.4 is 11.1 Å². The van der Waals surface area contributed by atoms with Gasteiger partial charge in [0.1, 0.15) is 16.6 Å². The Morgan fingerprint density at radius 2 is 2.21 bits per heavy atom. The van der Waals surface area contributed by atoms with Gasteiger partial charge < -0.3 is 11.1 Å². The number of hydrogen-bond donors (Lipinski definition) is 2. The molecule has 1 aromatic heterocycles. The summed E-state index contributed by atoms with van der Waals surface area (Å²) in [6, 6.07) is 8.08. The van der Waals surface area contributed by atoms with Crippen molar-refractivity contribution < 1.29 is 4.39 Å². The molecule has 0 aliphatic carbocycles. The largest absolute Gasteiger partial charge is 0.389 e. The van der Waals surface area contributed by atoms with Crippen LogP contribution in [0.4, 0.5) is 10.2 Å².